The number of esters is 1. The van der Waals surface area contributed by atoms with Gasteiger partial charge in [-0.2, -0.15) is 0 Å². The van der Waals surface area contributed by atoms with E-state index in [4.69, 9.17) is 9.47 Å². The summed E-state index contributed by atoms with van der Waals surface area (Å²) in [5, 5.41) is 6.53. The molecule has 4 aromatic rings. The Morgan fingerprint density at radius 1 is 0.700 bits per heavy atom. The zero-order valence-electron chi connectivity index (χ0n) is 23.4. The van der Waals surface area contributed by atoms with Gasteiger partial charge in [0.2, 0.25) is 0 Å². The van der Waals surface area contributed by atoms with Crippen molar-refractivity contribution in [3.05, 3.63) is 127 Å². The number of carbonyl (C=O) groups is 2. The van der Waals surface area contributed by atoms with E-state index in [1.54, 1.807) is 20.8 Å². The van der Waals surface area contributed by atoms with Gasteiger partial charge in [-0.15, -0.1) is 0 Å². The minimum absolute atomic E-state index is 0.130. The van der Waals surface area contributed by atoms with Crippen molar-refractivity contribution in [1.82, 2.24) is 5.32 Å². The molecule has 1 N–H and O–H groups in total. The van der Waals surface area contributed by atoms with Crippen LogP contribution in [-0.4, -0.2) is 29.9 Å². The van der Waals surface area contributed by atoms with E-state index >= 15 is 0 Å². The quantitative estimate of drug-likeness (QED) is 0.200. The van der Waals surface area contributed by atoms with Crippen LogP contribution < -0.4 is 21.2 Å². The molecule has 0 bridgehead atoms. The van der Waals surface area contributed by atoms with E-state index < -0.39 is 31.0 Å². The molecule has 40 heavy (non-hydrogen) atoms. The van der Waals surface area contributed by atoms with E-state index in [0.29, 0.717) is 12.6 Å². The van der Waals surface area contributed by atoms with Crippen LogP contribution in [0.25, 0.3) is 0 Å². The van der Waals surface area contributed by atoms with Gasteiger partial charge >= 0.3 is 238 Å². The summed E-state index contributed by atoms with van der Waals surface area (Å²) >= 11 is 0. The maximum atomic E-state index is 13.5. The molecule has 0 aliphatic rings. The second-order valence-corrected chi connectivity index (χ2v) is 14.9. The zero-order valence-corrected chi connectivity index (χ0v) is 24.4. The topological polar surface area (TPSA) is 64.6 Å². The molecule has 1 atom stereocenters. The first-order chi connectivity index (χ1) is 19.3. The van der Waals surface area contributed by atoms with Crippen molar-refractivity contribution in [2.75, 3.05) is 6.16 Å². The number of hydrogen-bond donors (Lipinski definition) is 1. The second-order valence-electron chi connectivity index (χ2n) is 10.8. The molecule has 0 fully saturated rings. The molecule has 0 saturated carbocycles. The first-order valence-corrected chi connectivity index (χ1v) is 15.9. The van der Waals surface area contributed by atoms with Gasteiger partial charge < -0.3 is 0 Å². The molecule has 0 spiro atoms. The standard InChI is InChI=1S/C34H38NO4P/c1-34(2,3)39-33(37)35-31(32(36)38-26-27-16-8-4-9-17-27)24-25-40(28-18-10-5-11-19-28,29-20-12-6-13-21-29)30-22-14-7-15-23-30/h4-23,31,40H,24-26H2,1-3H3,(H,35,37)/t31-/m0/s1. The molecule has 0 heterocycles. The average molecular weight is 556 g/mol. The normalized spacial score (nSPS) is 12.7. The summed E-state index contributed by atoms with van der Waals surface area (Å²) in [5.41, 5.74) is 0.188. The third kappa shape index (κ3) is 7.58. The van der Waals surface area contributed by atoms with Crippen LogP contribution in [0.2, 0.25) is 0 Å². The van der Waals surface area contributed by atoms with Gasteiger partial charge in [0.05, 0.1) is 0 Å². The first-order valence-electron chi connectivity index (χ1n) is 13.6. The Kier molecular flexibility index (Phi) is 9.74. The monoisotopic (exact) mass is 555 g/mol. The van der Waals surface area contributed by atoms with Crippen molar-refractivity contribution >= 4 is 35.2 Å². The van der Waals surface area contributed by atoms with Crippen LogP contribution in [0.4, 0.5) is 4.79 Å². The van der Waals surface area contributed by atoms with Crippen molar-refractivity contribution in [3.8, 4) is 0 Å². The fourth-order valence-electron chi connectivity index (χ4n) is 4.99. The third-order valence-corrected chi connectivity index (χ3v) is 11.8. The fourth-order valence-corrected chi connectivity index (χ4v) is 9.86. The Bertz CT molecular complexity index is 1260. The SMILES string of the molecule is CC(C)(C)OC(=O)N[C@@H](CC[PH](c1ccccc1)(c1ccccc1)c1ccccc1)C(=O)OCc1ccccc1. The van der Waals surface area contributed by atoms with Crippen LogP contribution >= 0.6 is 7.26 Å². The molecule has 4 rings (SSSR count). The van der Waals surface area contributed by atoms with Crippen LogP contribution in [0.15, 0.2) is 121 Å². The van der Waals surface area contributed by atoms with E-state index in [1.165, 1.54) is 15.9 Å². The number of alkyl carbamates (subject to hydrolysis) is 1. The summed E-state index contributed by atoms with van der Waals surface area (Å²) in [7, 11) is -2.62. The van der Waals surface area contributed by atoms with E-state index in [1.807, 2.05) is 48.5 Å². The molecule has 4 aromatic carbocycles. The summed E-state index contributed by atoms with van der Waals surface area (Å²) < 4.78 is 11.2. The van der Waals surface area contributed by atoms with Crippen LogP contribution in [0.5, 0.6) is 0 Å². The Hall–Kier alpha value is -3.95. The minimum atomic E-state index is -2.62. The Morgan fingerprint density at radius 3 is 1.55 bits per heavy atom. The van der Waals surface area contributed by atoms with Crippen molar-refractivity contribution in [3.63, 3.8) is 0 Å². The molecule has 1 amide bonds. The van der Waals surface area contributed by atoms with Gasteiger partial charge in [-0.3, -0.25) is 0 Å². The van der Waals surface area contributed by atoms with Crippen LogP contribution in [0.1, 0.15) is 32.8 Å². The second kappa shape index (κ2) is 13.4. The van der Waals surface area contributed by atoms with Gasteiger partial charge in [-0.05, 0) is 0 Å². The molecule has 0 unspecified atom stereocenters. The van der Waals surface area contributed by atoms with Crippen molar-refractivity contribution in [2.24, 2.45) is 0 Å². The average Bonchev–Trinajstić information content (AvgIpc) is 2.97. The number of amides is 1. The van der Waals surface area contributed by atoms with Gasteiger partial charge in [0, 0.05) is 0 Å². The van der Waals surface area contributed by atoms with E-state index in [2.05, 4.69) is 78.1 Å². The number of hydrogen-bond acceptors (Lipinski definition) is 4. The van der Waals surface area contributed by atoms with Crippen LogP contribution in [0, 0.1) is 0 Å². The van der Waals surface area contributed by atoms with E-state index in [0.717, 1.165) is 5.56 Å². The molecular weight excluding hydrogens is 517 g/mol. The van der Waals surface area contributed by atoms with E-state index in [9.17, 15) is 9.59 Å². The summed E-state index contributed by atoms with van der Waals surface area (Å²) in [5.74, 6) is -0.480. The number of ether oxygens (including phenoxy) is 2. The van der Waals surface area contributed by atoms with Gasteiger partial charge in [0.25, 0.3) is 0 Å². The third-order valence-electron chi connectivity index (χ3n) is 6.81. The zero-order chi connectivity index (χ0) is 28.4. The van der Waals surface area contributed by atoms with Crippen LogP contribution in [0.3, 0.4) is 0 Å². The maximum absolute atomic E-state index is 13.5. The summed E-state index contributed by atoms with van der Waals surface area (Å²) in [6.45, 7) is 5.53. The van der Waals surface area contributed by atoms with E-state index in [-0.39, 0.29) is 6.61 Å². The Balaban J connectivity index is 1.69. The molecular formula is C34H38NO4P. The Labute approximate surface area is 237 Å². The predicted octanol–water partition coefficient (Wildman–Crippen LogP) is 5.74. The molecule has 0 radical (unpaired) electrons. The van der Waals surface area contributed by atoms with Gasteiger partial charge in [0.15, 0.2) is 0 Å². The molecule has 0 saturated heterocycles. The van der Waals surface area contributed by atoms with Gasteiger partial charge in [0.1, 0.15) is 0 Å². The van der Waals surface area contributed by atoms with Gasteiger partial charge in [-0.1, -0.05) is 0 Å². The number of nitrogens with one attached hydrogen (secondary N) is 1. The van der Waals surface area contributed by atoms with Crippen molar-refractivity contribution < 1.29 is 19.1 Å². The molecule has 208 valence electrons. The first kappa shape index (κ1) is 29.0. The Morgan fingerprint density at radius 2 is 1.12 bits per heavy atom. The molecule has 5 nitrogen and oxygen atoms in total. The van der Waals surface area contributed by atoms with Gasteiger partial charge in [-0.25, -0.2) is 0 Å². The predicted molar refractivity (Wildman–Crippen MR) is 165 cm³/mol. The molecule has 0 aromatic heterocycles. The number of rotatable bonds is 10. The van der Waals surface area contributed by atoms with Crippen LogP contribution in [-0.2, 0) is 20.9 Å². The molecule has 0 aliphatic carbocycles. The number of benzene rings is 4. The molecule has 0 aliphatic heterocycles. The molecule has 6 heteroatoms. The summed E-state index contributed by atoms with van der Waals surface area (Å²) in [6.07, 6.45) is 0.421. The van der Waals surface area contributed by atoms with Crippen molar-refractivity contribution in [2.45, 2.75) is 45.4 Å². The summed E-state index contributed by atoms with van der Waals surface area (Å²) in [4.78, 5) is 26.3. The number of carbonyl (C=O) groups excluding carboxylic acids is 2. The fraction of sp³-hybridized carbons (Fsp3) is 0.235. The van der Waals surface area contributed by atoms with Crippen molar-refractivity contribution in [1.29, 1.82) is 0 Å². The summed E-state index contributed by atoms with van der Waals surface area (Å²) in [6, 6.07) is 40.2.